The van der Waals surface area contributed by atoms with Gasteiger partial charge in [-0.15, -0.1) is 0 Å². The minimum atomic E-state index is 0.431. The van der Waals surface area contributed by atoms with Crippen molar-refractivity contribution in [1.29, 1.82) is 5.39 Å². The van der Waals surface area contributed by atoms with Crippen LogP contribution < -0.4 is 4.53 Å². The highest BCUT2D eigenvalue weighted by atomic mass is 35.5. The number of para-hydroxylation sites is 1. The molecule has 1 rings (SSSR count). The number of hydrogen-bond donors (Lipinski definition) is 0. The van der Waals surface area contributed by atoms with Gasteiger partial charge in [0.25, 0.3) is 5.39 Å². The number of anilines is 1. The first-order chi connectivity index (χ1) is 5.25. The molecule has 0 radical (unpaired) electrons. The first-order valence-electron chi connectivity index (χ1n) is 2.81. The fraction of sp³-hybridized carbons (Fsp3) is 0. The van der Waals surface area contributed by atoms with E-state index in [0.29, 0.717) is 10.7 Å². The van der Waals surface area contributed by atoms with Gasteiger partial charge in [-0.05, 0) is 12.1 Å². The lowest BCUT2D eigenvalue weighted by molar-refractivity contribution is 1.30. The van der Waals surface area contributed by atoms with Gasteiger partial charge < -0.3 is 0 Å². The zero-order chi connectivity index (χ0) is 8.27. The number of hydrogen-bond acceptors (Lipinski definition) is 2. The van der Waals surface area contributed by atoms with E-state index in [1.54, 1.807) is 24.3 Å². The standard InChI is InChI=1S/C6H4Cl2N3/c7-5-3-1-2-4-6(5)11(8)10-9/h1-4H/q+1. The highest BCUT2D eigenvalue weighted by molar-refractivity contribution is 6.36. The Morgan fingerprint density at radius 1 is 1.36 bits per heavy atom. The Balaban J connectivity index is 3.05. The average molecular weight is 189 g/mol. The Bertz CT molecular complexity index is 294. The summed E-state index contributed by atoms with van der Waals surface area (Å²) in [6.45, 7) is 0. The summed E-state index contributed by atoms with van der Waals surface area (Å²) in [5.41, 5.74) is 0.443. The van der Waals surface area contributed by atoms with Gasteiger partial charge in [-0.1, -0.05) is 23.7 Å². The zero-order valence-corrected chi connectivity index (χ0v) is 6.92. The molecule has 0 saturated heterocycles. The van der Waals surface area contributed by atoms with Crippen molar-refractivity contribution in [2.24, 2.45) is 0 Å². The summed E-state index contributed by atoms with van der Waals surface area (Å²) >= 11 is 11.1. The van der Waals surface area contributed by atoms with Crippen molar-refractivity contribution in [3.63, 3.8) is 0 Å². The third-order valence-electron chi connectivity index (χ3n) is 1.13. The Hall–Kier alpha value is -0.980. The molecular formula is C6H4Cl2N3+. The maximum absolute atomic E-state index is 8.27. The van der Waals surface area contributed by atoms with Gasteiger partial charge in [0, 0.05) is 0 Å². The van der Waals surface area contributed by atoms with Gasteiger partial charge in [-0.3, -0.25) is 0 Å². The smallest absolute Gasteiger partial charge is 0.0817 e. The molecule has 1 aromatic carbocycles. The molecule has 11 heavy (non-hydrogen) atoms. The molecule has 5 heteroatoms. The Morgan fingerprint density at radius 3 is 2.55 bits per heavy atom. The highest BCUT2D eigenvalue weighted by Crippen LogP contribution is 2.26. The molecule has 3 nitrogen and oxygen atoms in total. The van der Waals surface area contributed by atoms with Crippen molar-refractivity contribution in [3.05, 3.63) is 34.4 Å². The molecule has 0 bridgehead atoms. The van der Waals surface area contributed by atoms with E-state index in [4.69, 9.17) is 28.8 Å². The molecule has 0 N–H and O–H groups in total. The second-order valence-corrected chi connectivity index (χ2v) is 2.53. The third-order valence-corrected chi connectivity index (χ3v) is 1.70. The topological polar surface area (TPSA) is 31.4 Å². The molecule has 56 valence electrons. The first kappa shape index (κ1) is 8.12. The van der Waals surface area contributed by atoms with E-state index in [1.165, 1.54) is 0 Å². The zero-order valence-electron chi connectivity index (χ0n) is 5.41. The molecular weight excluding hydrogens is 185 g/mol. The minimum absolute atomic E-state index is 0.431. The number of rotatable bonds is 1. The molecule has 0 aliphatic heterocycles. The Kier molecular flexibility index (Phi) is 2.53. The molecule has 0 aliphatic carbocycles. The van der Waals surface area contributed by atoms with Crippen LogP contribution in [0.5, 0.6) is 0 Å². The van der Waals surface area contributed by atoms with Gasteiger partial charge >= 0.3 is 5.08 Å². The van der Waals surface area contributed by atoms with Crippen LogP contribution in [0.2, 0.25) is 5.02 Å². The minimum Gasteiger partial charge on any atom is -0.0817 e. The van der Waals surface area contributed by atoms with Crippen molar-refractivity contribution in [1.82, 2.24) is 0 Å². The lowest BCUT2D eigenvalue weighted by Gasteiger charge is -1.95. The average Bonchev–Trinajstić information content (AvgIpc) is 2.04. The molecule has 0 aliphatic rings. The summed E-state index contributed by atoms with van der Waals surface area (Å²) in [7, 11) is 0. The predicted molar refractivity (Wildman–Crippen MR) is 44.9 cm³/mol. The van der Waals surface area contributed by atoms with Crippen LogP contribution in [0.1, 0.15) is 0 Å². The van der Waals surface area contributed by atoms with Crippen LogP contribution in [-0.2, 0) is 0 Å². The van der Waals surface area contributed by atoms with E-state index in [0.717, 1.165) is 4.53 Å². The summed E-state index contributed by atoms with van der Waals surface area (Å²) in [5, 5.41) is 11.4. The van der Waals surface area contributed by atoms with Crippen LogP contribution in [0.4, 0.5) is 5.69 Å². The van der Waals surface area contributed by atoms with Crippen molar-refractivity contribution in [2.45, 2.75) is 0 Å². The monoisotopic (exact) mass is 188 g/mol. The van der Waals surface area contributed by atoms with Gasteiger partial charge in [0.2, 0.25) is 0 Å². The number of diazo groups is 1. The number of nitrogens with zero attached hydrogens (tertiary/aromatic N) is 3. The van der Waals surface area contributed by atoms with Crippen LogP contribution in [0.25, 0.3) is 5.08 Å². The Labute approximate surface area is 73.8 Å². The summed E-state index contributed by atoms with van der Waals surface area (Å²) in [4.78, 5) is 0. The number of halogens is 2. The van der Waals surface area contributed by atoms with Crippen LogP contribution >= 0.6 is 23.4 Å². The normalized spacial score (nSPS) is 8.82. The quantitative estimate of drug-likeness (QED) is 0.386. The first-order valence-corrected chi connectivity index (χ1v) is 3.52. The predicted octanol–water partition coefficient (Wildman–Crippen LogP) is 3.07. The second kappa shape index (κ2) is 3.42. The molecule has 0 atom stereocenters. The van der Waals surface area contributed by atoms with Gasteiger partial charge in [-0.2, -0.15) is 0 Å². The molecule has 1 aromatic rings. The fourth-order valence-electron chi connectivity index (χ4n) is 0.650. The maximum Gasteiger partial charge on any atom is 0.328 e. The molecule has 0 amide bonds. The highest BCUT2D eigenvalue weighted by Gasteiger charge is 2.15. The third kappa shape index (κ3) is 1.73. The SMILES string of the molecule is N#[N+]N(Cl)c1ccccc1Cl. The summed E-state index contributed by atoms with van der Waals surface area (Å²) in [5.74, 6) is 0. The molecule has 0 spiro atoms. The number of benzene rings is 1. The molecule has 0 aromatic heterocycles. The van der Waals surface area contributed by atoms with Crippen molar-refractivity contribution >= 4 is 29.1 Å². The van der Waals surface area contributed by atoms with Crippen LogP contribution in [-0.4, -0.2) is 0 Å². The summed E-state index contributed by atoms with van der Waals surface area (Å²) in [6.07, 6.45) is 0. The van der Waals surface area contributed by atoms with Gasteiger partial charge in [0.1, 0.15) is 16.3 Å². The maximum atomic E-state index is 8.27. The van der Waals surface area contributed by atoms with E-state index in [1.807, 2.05) is 0 Å². The van der Waals surface area contributed by atoms with Crippen LogP contribution in [0.3, 0.4) is 0 Å². The lowest BCUT2D eigenvalue weighted by atomic mass is 10.3. The van der Waals surface area contributed by atoms with E-state index < -0.39 is 0 Å². The van der Waals surface area contributed by atoms with E-state index in [-0.39, 0.29) is 0 Å². The molecule has 0 heterocycles. The van der Waals surface area contributed by atoms with E-state index in [2.05, 4.69) is 5.08 Å². The summed E-state index contributed by atoms with van der Waals surface area (Å²) in [6, 6.07) is 6.78. The lowest BCUT2D eigenvalue weighted by Crippen LogP contribution is -1.96. The van der Waals surface area contributed by atoms with Crippen molar-refractivity contribution < 1.29 is 0 Å². The molecule has 0 fully saturated rings. The summed E-state index contributed by atoms with van der Waals surface area (Å²) < 4.78 is 0.766. The van der Waals surface area contributed by atoms with Gasteiger partial charge in [0.15, 0.2) is 5.69 Å². The van der Waals surface area contributed by atoms with Crippen LogP contribution in [0, 0.1) is 5.39 Å². The van der Waals surface area contributed by atoms with Crippen molar-refractivity contribution in [3.8, 4) is 0 Å². The van der Waals surface area contributed by atoms with Gasteiger partial charge in [0.05, 0.1) is 5.02 Å². The Morgan fingerprint density at radius 2 is 2.00 bits per heavy atom. The van der Waals surface area contributed by atoms with Crippen LogP contribution in [0.15, 0.2) is 24.3 Å². The molecule has 0 saturated carbocycles. The van der Waals surface area contributed by atoms with Gasteiger partial charge in [-0.25, -0.2) is 0 Å². The van der Waals surface area contributed by atoms with E-state index >= 15 is 0 Å². The second-order valence-electron chi connectivity index (χ2n) is 1.80. The van der Waals surface area contributed by atoms with E-state index in [9.17, 15) is 0 Å². The fourth-order valence-corrected chi connectivity index (χ4v) is 1.06. The molecule has 0 unspecified atom stereocenters. The largest absolute Gasteiger partial charge is 0.328 e. The van der Waals surface area contributed by atoms with Crippen molar-refractivity contribution in [2.75, 3.05) is 4.53 Å².